The summed E-state index contributed by atoms with van der Waals surface area (Å²) in [4.78, 5) is 14.8. The van der Waals surface area contributed by atoms with E-state index in [2.05, 4.69) is 72.2 Å². The number of para-hydroxylation sites is 1. The van der Waals surface area contributed by atoms with Crippen molar-refractivity contribution < 1.29 is 4.79 Å². The number of unbranched alkanes of at least 4 members (excludes halogenated alkanes) is 1. The summed E-state index contributed by atoms with van der Waals surface area (Å²) in [5.74, 6) is 0.282. The summed E-state index contributed by atoms with van der Waals surface area (Å²) in [5.41, 5.74) is 5.34. The van der Waals surface area contributed by atoms with Crippen molar-refractivity contribution in [3.05, 3.63) is 78.0 Å². The lowest BCUT2D eigenvalue weighted by atomic mass is 9.99. The lowest BCUT2D eigenvalue weighted by Crippen LogP contribution is -2.34. The maximum Gasteiger partial charge on any atom is 0.222 e. The summed E-state index contributed by atoms with van der Waals surface area (Å²) in [5, 5.41) is 1.31. The zero-order chi connectivity index (χ0) is 20.8. The first-order chi connectivity index (χ1) is 14.8. The van der Waals surface area contributed by atoms with Gasteiger partial charge in [-0.2, -0.15) is 0 Å². The average molecular weight is 401 g/mol. The first-order valence-electron chi connectivity index (χ1n) is 11.4. The van der Waals surface area contributed by atoms with Crippen molar-refractivity contribution in [3.63, 3.8) is 0 Å². The Labute approximate surface area is 180 Å². The van der Waals surface area contributed by atoms with Gasteiger partial charge in [0.15, 0.2) is 0 Å². The van der Waals surface area contributed by atoms with Gasteiger partial charge in [-0.1, -0.05) is 68.0 Å². The van der Waals surface area contributed by atoms with Gasteiger partial charge in [0, 0.05) is 37.3 Å². The van der Waals surface area contributed by atoms with Crippen LogP contribution in [-0.4, -0.2) is 28.5 Å². The maximum atomic E-state index is 12.8. The Hall–Kier alpha value is -2.81. The Kier molecular flexibility index (Phi) is 6.68. The molecule has 4 rings (SSSR count). The molecule has 0 radical (unpaired) electrons. The highest BCUT2D eigenvalue weighted by Crippen LogP contribution is 2.24. The molecule has 0 unspecified atom stereocenters. The fraction of sp³-hybridized carbons (Fsp3) is 0.370. The molecule has 2 heterocycles. The van der Waals surface area contributed by atoms with Crippen molar-refractivity contribution in [2.24, 2.45) is 0 Å². The molecule has 0 bridgehead atoms. The summed E-state index contributed by atoms with van der Waals surface area (Å²) in [6.07, 6.45) is 8.19. The normalized spacial score (nSPS) is 14.2. The third kappa shape index (κ3) is 4.67. The smallest absolute Gasteiger partial charge is 0.222 e. The summed E-state index contributed by atoms with van der Waals surface area (Å²) >= 11 is 0. The van der Waals surface area contributed by atoms with Gasteiger partial charge in [0.2, 0.25) is 5.91 Å². The van der Waals surface area contributed by atoms with Crippen LogP contribution in [0.1, 0.15) is 50.3 Å². The molecule has 1 amide bonds. The van der Waals surface area contributed by atoms with E-state index in [1.807, 2.05) is 11.0 Å². The minimum atomic E-state index is 0.282. The molecule has 0 N–H and O–H groups in total. The first kappa shape index (κ1) is 20.5. The second-order valence-corrected chi connectivity index (χ2v) is 8.24. The van der Waals surface area contributed by atoms with Gasteiger partial charge in [-0.15, -0.1) is 0 Å². The number of amides is 1. The highest BCUT2D eigenvalue weighted by atomic mass is 16.2. The van der Waals surface area contributed by atoms with Crippen LogP contribution in [0.4, 0.5) is 0 Å². The highest BCUT2D eigenvalue weighted by molar-refractivity contribution is 5.81. The van der Waals surface area contributed by atoms with Crippen LogP contribution in [-0.2, 0) is 17.8 Å². The number of hydrogen-bond acceptors (Lipinski definition) is 1. The molecule has 0 fully saturated rings. The Morgan fingerprint density at radius 2 is 1.80 bits per heavy atom. The van der Waals surface area contributed by atoms with Crippen LogP contribution < -0.4 is 0 Å². The molecular weight excluding hydrogens is 368 g/mol. The van der Waals surface area contributed by atoms with Crippen molar-refractivity contribution in [3.8, 4) is 0 Å². The van der Waals surface area contributed by atoms with Gasteiger partial charge < -0.3 is 9.47 Å². The molecule has 0 saturated heterocycles. The van der Waals surface area contributed by atoms with E-state index in [0.717, 1.165) is 38.9 Å². The summed E-state index contributed by atoms with van der Waals surface area (Å²) in [7, 11) is 0. The SMILES string of the molecule is CCCCc1cc2ccccc2n1CCCC(=O)N1CC=C(c2ccccc2)CC1. The van der Waals surface area contributed by atoms with Crippen LogP contribution in [0.3, 0.4) is 0 Å². The van der Waals surface area contributed by atoms with Gasteiger partial charge in [-0.25, -0.2) is 0 Å². The lowest BCUT2D eigenvalue weighted by molar-refractivity contribution is -0.130. The second kappa shape index (κ2) is 9.80. The Balaban J connectivity index is 1.35. The van der Waals surface area contributed by atoms with E-state index in [-0.39, 0.29) is 5.91 Å². The minimum Gasteiger partial charge on any atom is -0.345 e. The molecule has 30 heavy (non-hydrogen) atoms. The Morgan fingerprint density at radius 3 is 2.57 bits per heavy atom. The number of benzene rings is 2. The van der Waals surface area contributed by atoms with Gasteiger partial charge in [-0.05, 0) is 54.3 Å². The van der Waals surface area contributed by atoms with Crippen LogP contribution >= 0.6 is 0 Å². The monoisotopic (exact) mass is 400 g/mol. The third-order valence-electron chi connectivity index (χ3n) is 6.16. The predicted octanol–water partition coefficient (Wildman–Crippen LogP) is 6.08. The molecule has 2 aromatic carbocycles. The third-order valence-corrected chi connectivity index (χ3v) is 6.16. The number of rotatable bonds is 8. The minimum absolute atomic E-state index is 0.282. The topological polar surface area (TPSA) is 25.2 Å². The second-order valence-electron chi connectivity index (χ2n) is 8.24. The number of aryl methyl sites for hydroxylation is 2. The molecule has 3 nitrogen and oxygen atoms in total. The average Bonchev–Trinajstić information content (AvgIpc) is 3.16. The fourth-order valence-electron chi connectivity index (χ4n) is 4.45. The molecule has 0 saturated carbocycles. The summed E-state index contributed by atoms with van der Waals surface area (Å²) < 4.78 is 2.43. The molecule has 0 atom stereocenters. The molecule has 0 aliphatic carbocycles. The number of hydrogen-bond donors (Lipinski definition) is 0. The van der Waals surface area contributed by atoms with Gasteiger partial charge in [0.1, 0.15) is 0 Å². The quantitative estimate of drug-likeness (QED) is 0.450. The summed E-state index contributed by atoms with van der Waals surface area (Å²) in [6, 6.07) is 21.4. The van der Waals surface area contributed by atoms with Crippen molar-refractivity contribution in [2.75, 3.05) is 13.1 Å². The van der Waals surface area contributed by atoms with Crippen molar-refractivity contribution >= 4 is 22.4 Å². The molecule has 156 valence electrons. The standard InChI is InChI=1S/C27H32N2O/c1-2-3-13-25-21-24-12-7-8-14-26(24)29(25)18-9-15-27(30)28-19-16-23(17-20-28)22-10-5-4-6-11-22/h4-8,10-12,14,16,21H,2-3,9,13,15,17-20H2,1H3. The Morgan fingerprint density at radius 1 is 1.00 bits per heavy atom. The van der Waals surface area contributed by atoms with E-state index in [1.165, 1.54) is 40.6 Å². The van der Waals surface area contributed by atoms with Gasteiger partial charge in [0.25, 0.3) is 0 Å². The van der Waals surface area contributed by atoms with Crippen LogP contribution in [0.5, 0.6) is 0 Å². The molecule has 1 aliphatic heterocycles. The Bertz CT molecular complexity index is 1020. The fourth-order valence-corrected chi connectivity index (χ4v) is 4.45. The van der Waals surface area contributed by atoms with E-state index in [0.29, 0.717) is 6.42 Å². The zero-order valence-corrected chi connectivity index (χ0v) is 18.0. The van der Waals surface area contributed by atoms with Gasteiger partial charge in [-0.3, -0.25) is 4.79 Å². The highest BCUT2D eigenvalue weighted by Gasteiger charge is 2.18. The largest absolute Gasteiger partial charge is 0.345 e. The van der Waals surface area contributed by atoms with E-state index >= 15 is 0 Å². The number of aromatic nitrogens is 1. The molecule has 1 aliphatic rings. The number of nitrogens with zero attached hydrogens (tertiary/aromatic N) is 2. The van der Waals surface area contributed by atoms with Crippen molar-refractivity contribution in [2.45, 2.75) is 52.0 Å². The van der Waals surface area contributed by atoms with E-state index in [4.69, 9.17) is 0 Å². The molecule has 3 aromatic rings. The first-order valence-corrected chi connectivity index (χ1v) is 11.4. The number of carbonyl (C=O) groups excluding carboxylic acids is 1. The number of carbonyl (C=O) groups is 1. The molecule has 0 spiro atoms. The van der Waals surface area contributed by atoms with Crippen LogP contribution in [0.15, 0.2) is 66.7 Å². The van der Waals surface area contributed by atoms with Gasteiger partial charge in [0.05, 0.1) is 0 Å². The van der Waals surface area contributed by atoms with E-state index in [9.17, 15) is 4.79 Å². The zero-order valence-electron chi connectivity index (χ0n) is 18.0. The lowest BCUT2D eigenvalue weighted by Gasteiger charge is -2.27. The van der Waals surface area contributed by atoms with Crippen molar-refractivity contribution in [1.82, 2.24) is 9.47 Å². The maximum absolute atomic E-state index is 12.8. The predicted molar refractivity (Wildman–Crippen MR) is 125 cm³/mol. The van der Waals surface area contributed by atoms with Gasteiger partial charge >= 0.3 is 0 Å². The van der Waals surface area contributed by atoms with E-state index < -0.39 is 0 Å². The molecular formula is C27H32N2O. The van der Waals surface area contributed by atoms with Crippen LogP contribution in [0, 0.1) is 0 Å². The van der Waals surface area contributed by atoms with Crippen LogP contribution in [0.2, 0.25) is 0 Å². The summed E-state index contributed by atoms with van der Waals surface area (Å²) in [6.45, 7) is 4.71. The molecule has 3 heteroatoms. The van der Waals surface area contributed by atoms with Crippen LogP contribution in [0.25, 0.3) is 16.5 Å². The number of fused-ring (bicyclic) bond motifs is 1. The van der Waals surface area contributed by atoms with E-state index in [1.54, 1.807) is 0 Å². The van der Waals surface area contributed by atoms with Crippen molar-refractivity contribution in [1.29, 1.82) is 0 Å². The molecule has 1 aromatic heterocycles.